The van der Waals surface area contributed by atoms with E-state index >= 15 is 0 Å². The van der Waals surface area contributed by atoms with Gasteiger partial charge in [-0.25, -0.2) is 9.78 Å². The normalized spacial score (nSPS) is 11.4. The molecule has 0 saturated heterocycles. The van der Waals surface area contributed by atoms with E-state index in [0.717, 1.165) is 46.2 Å². The minimum atomic E-state index is -0.473. The summed E-state index contributed by atoms with van der Waals surface area (Å²) in [6.45, 7) is 13.6. The number of amides is 2. The number of hydrogen-bond acceptors (Lipinski definition) is 5. The van der Waals surface area contributed by atoms with Crippen molar-refractivity contribution in [3.05, 3.63) is 112 Å². The second-order valence-electron chi connectivity index (χ2n) is 13.0. The van der Waals surface area contributed by atoms with Gasteiger partial charge in [-0.1, -0.05) is 77.9 Å². The molecule has 0 aliphatic rings. The lowest BCUT2D eigenvalue weighted by molar-refractivity contribution is 0.262. The van der Waals surface area contributed by atoms with Gasteiger partial charge in [-0.3, -0.25) is 14.3 Å². The lowest BCUT2D eigenvalue weighted by Gasteiger charge is -2.22. The van der Waals surface area contributed by atoms with Gasteiger partial charge in [-0.05, 0) is 77.6 Å². The number of rotatable bonds is 12. The molecule has 0 unspecified atom stereocenters. The Morgan fingerprint density at radius 1 is 0.851 bits per heavy atom. The number of para-hydroxylation sites is 1. The Morgan fingerprint density at radius 3 is 2.23 bits per heavy atom. The highest BCUT2D eigenvalue weighted by atomic mass is 16.5. The van der Waals surface area contributed by atoms with Gasteiger partial charge in [-0.15, -0.1) is 0 Å². The number of ether oxygens (including phenoxy) is 1. The van der Waals surface area contributed by atoms with Crippen molar-refractivity contribution < 1.29 is 9.53 Å². The van der Waals surface area contributed by atoms with Crippen LogP contribution in [0.1, 0.15) is 82.9 Å². The summed E-state index contributed by atoms with van der Waals surface area (Å²) in [6.07, 6.45) is 6.97. The second kappa shape index (κ2) is 15.1. The van der Waals surface area contributed by atoms with E-state index in [2.05, 4.69) is 62.1 Å². The molecule has 8 nitrogen and oxygen atoms in total. The minimum Gasteiger partial charge on any atom is -0.489 e. The Bertz CT molecular complexity index is 1870. The van der Waals surface area contributed by atoms with E-state index in [0.29, 0.717) is 36.0 Å². The molecule has 2 amide bonds. The summed E-state index contributed by atoms with van der Waals surface area (Å²) >= 11 is 0. The Kier molecular flexibility index (Phi) is 10.7. The molecule has 0 radical (unpaired) electrons. The molecule has 5 rings (SSSR count). The molecule has 2 aromatic carbocycles. The quantitative estimate of drug-likeness (QED) is 0.143. The number of carbonyl (C=O) groups is 1. The lowest BCUT2D eigenvalue weighted by atomic mass is 9.93. The van der Waals surface area contributed by atoms with Crippen molar-refractivity contribution in [2.75, 3.05) is 10.6 Å². The third kappa shape index (κ3) is 7.88. The zero-order valence-electron chi connectivity index (χ0n) is 28.2. The van der Waals surface area contributed by atoms with E-state index in [1.54, 1.807) is 23.2 Å². The molecule has 2 N–H and O–H groups in total. The summed E-state index contributed by atoms with van der Waals surface area (Å²) in [5, 5.41) is 6.90. The Morgan fingerprint density at radius 2 is 1.55 bits per heavy atom. The molecular formula is C39H45N5O3. The third-order valence-electron chi connectivity index (χ3n) is 8.28. The maximum absolute atomic E-state index is 14.4. The molecule has 8 heteroatoms. The van der Waals surface area contributed by atoms with E-state index in [1.807, 2.05) is 66.7 Å². The molecule has 3 heterocycles. The number of urea groups is 1. The molecule has 0 aliphatic carbocycles. The first-order chi connectivity index (χ1) is 22.6. The summed E-state index contributed by atoms with van der Waals surface area (Å²) in [4.78, 5) is 37.2. The number of nitrogens with zero attached hydrogens (tertiary/aromatic N) is 3. The number of pyridine rings is 3. The number of aromatic nitrogens is 3. The van der Waals surface area contributed by atoms with Crippen molar-refractivity contribution in [1.82, 2.24) is 14.5 Å². The summed E-state index contributed by atoms with van der Waals surface area (Å²) < 4.78 is 7.82. The van der Waals surface area contributed by atoms with Gasteiger partial charge in [0, 0.05) is 47.3 Å². The van der Waals surface area contributed by atoms with Crippen molar-refractivity contribution in [3.8, 4) is 16.9 Å². The summed E-state index contributed by atoms with van der Waals surface area (Å²) in [5.74, 6) is 1.52. The van der Waals surface area contributed by atoms with E-state index in [1.165, 1.54) is 0 Å². The van der Waals surface area contributed by atoms with Gasteiger partial charge in [-0.2, -0.15) is 0 Å². The molecule has 3 aromatic heterocycles. The van der Waals surface area contributed by atoms with Gasteiger partial charge < -0.3 is 15.4 Å². The fraction of sp³-hybridized carbons (Fsp3) is 0.333. The molecule has 0 bridgehead atoms. The fourth-order valence-electron chi connectivity index (χ4n) is 5.91. The van der Waals surface area contributed by atoms with Crippen molar-refractivity contribution in [2.24, 2.45) is 5.92 Å². The van der Waals surface area contributed by atoms with Crippen molar-refractivity contribution in [1.29, 1.82) is 0 Å². The van der Waals surface area contributed by atoms with Crippen LogP contribution in [-0.4, -0.2) is 20.6 Å². The standard InChI is InChI=1S/C39H45N5O3/c1-25(2)12-11-21-44-37-33(18-10-20-41-37)34(29-14-7-15-30(22-29)47-24-28-13-9-19-40-23-28)36(38(44)45)43-39(46)42-35-31(26(3)4)16-8-17-32(35)27(5)6/h7-10,13-20,22-23,25-27H,11-12,21,24H2,1-6H3,(H2,42,43,46). The Balaban J connectivity index is 1.61. The van der Waals surface area contributed by atoms with Crippen LogP contribution >= 0.6 is 0 Å². The van der Waals surface area contributed by atoms with Crippen molar-refractivity contribution in [3.63, 3.8) is 0 Å². The predicted octanol–water partition coefficient (Wildman–Crippen LogP) is 9.36. The largest absolute Gasteiger partial charge is 0.489 e. The Hall–Kier alpha value is -4.98. The van der Waals surface area contributed by atoms with Crippen molar-refractivity contribution >= 4 is 28.4 Å². The van der Waals surface area contributed by atoms with Crippen LogP contribution in [0.3, 0.4) is 0 Å². The zero-order chi connectivity index (χ0) is 33.5. The molecule has 47 heavy (non-hydrogen) atoms. The Labute approximate surface area is 277 Å². The highest BCUT2D eigenvalue weighted by Gasteiger charge is 2.23. The van der Waals surface area contributed by atoms with E-state index in [9.17, 15) is 9.59 Å². The highest BCUT2D eigenvalue weighted by Crippen LogP contribution is 2.36. The van der Waals surface area contributed by atoms with Crippen LogP contribution in [0, 0.1) is 5.92 Å². The third-order valence-corrected chi connectivity index (χ3v) is 8.28. The zero-order valence-corrected chi connectivity index (χ0v) is 28.2. The van der Waals surface area contributed by atoms with Gasteiger partial charge in [0.05, 0.1) is 0 Å². The number of anilines is 2. The van der Waals surface area contributed by atoms with Gasteiger partial charge in [0.2, 0.25) is 0 Å². The smallest absolute Gasteiger partial charge is 0.323 e. The second-order valence-corrected chi connectivity index (χ2v) is 13.0. The monoisotopic (exact) mass is 631 g/mol. The first kappa shape index (κ1) is 33.4. The van der Waals surface area contributed by atoms with Gasteiger partial charge in [0.1, 0.15) is 23.7 Å². The van der Waals surface area contributed by atoms with Crippen LogP contribution in [0.25, 0.3) is 22.2 Å². The van der Waals surface area contributed by atoms with Crippen LogP contribution in [-0.2, 0) is 13.2 Å². The average Bonchev–Trinajstić information content (AvgIpc) is 3.05. The molecule has 0 spiro atoms. The maximum atomic E-state index is 14.4. The maximum Gasteiger partial charge on any atom is 0.323 e. The van der Waals surface area contributed by atoms with Crippen LogP contribution in [0.2, 0.25) is 0 Å². The molecule has 244 valence electrons. The van der Waals surface area contributed by atoms with Crippen LogP contribution in [0.5, 0.6) is 5.75 Å². The van der Waals surface area contributed by atoms with Gasteiger partial charge in [0.15, 0.2) is 0 Å². The number of hydrogen-bond donors (Lipinski definition) is 2. The molecular weight excluding hydrogens is 586 g/mol. The van der Waals surface area contributed by atoms with Gasteiger partial charge >= 0.3 is 6.03 Å². The summed E-state index contributed by atoms with van der Waals surface area (Å²) in [7, 11) is 0. The topological polar surface area (TPSA) is 98.1 Å². The molecule has 0 aliphatic heterocycles. The van der Waals surface area contributed by atoms with Crippen LogP contribution in [0.15, 0.2) is 90.1 Å². The first-order valence-corrected chi connectivity index (χ1v) is 16.5. The van der Waals surface area contributed by atoms with Crippen LogP contribution in [0.4, 0.5) is 16.2 Å². The fourth-order valence-corrected chi connectivity index (χ4v) is 5.91. The first-order valence-electron chi connectivity index (χ1n) is 16.5. The number of fused-ring (bicyclic) bond motifs is 1. The molecule has 5 aromatic rings. The van der Waals surface area contributed by atoms with E-state index in [-0.39, 0.29) is 23.1 Å². The summed E-state index contributed by atoms with van der Waals surface area (Å²) in [5.41, 5.74) is 5.62. The molecule has 0 atom stereocenters. The van der Waals surface area contributed by atoms with Crippen molar-refractivity contribution in [2.45, 2.75) is 79.4 Å². The van der Waals surface area contributed by atoms with Crippen LogP contribution < -0.4 is 20.9 Å². The van der Waals surface area contributed by atoms with E-state index < -0.39 is 6.03 Å². The predicted molar refractivity (Wildman–Crippen MR) is 191 cm³/mol. The average molecular weight is 632 g/mol. The SMILES string of the molecule is CC(C)CCCn1c(=O)c(NC(=O)Nc2c(C(C)C)cccc2C(C)C)c(-c2cccc(OCc3cccnc3)c2)c2cccnc21. The highest BCUT2D eigenvalue weighted by molar-refractivity contribution is 6.07. The minimum absolute atomic E-state index is 0.193. The number of aryl methyl sites for hydroxylation is 1. The van der Waals surface area contributed by atoms with E-state index in [4.69, 9.17) is 4.74 Å². The lowest BCUT2D eigenvalue weighted by Crippen LogP contribution is -2.30. The number of carbonyl (C=O) groups excluding carboxylic acids is 1. The molecule has 0 saturated carbocycles. The number of nitrogens with one attached hydrogen (secondary N) is 2. The van der Waals surface area contributed by atoms with Gasteiger partial charge in [0.25, 0.3) is 5.56 Å². The summed E-state index contributed by atoms with van der Waals surface area (Å²) in [6, 6.07) is 20.9. The molecule has 0 fully saturated rings. The number of benzene rings is 2.